The standard InChI is InChI=1S/10C12H12O2.4Nd.2H2O/c10*13-11-8-4-7-10(11)12(14)9-5-2-1-3-6-9;;;;;;/h2*1-3,5-6,14H,4,7-8H2;8*1-3,5-6,13H,4,7-8H2;;;;;2*1H2/q;;;;;;;;;;4*+3;;/p-12/b2*12-10-;;;;;;;;;;;;;;. The summed E-state index contributed by atoms with van der Waals surface area (Å²) in [6.45, 7) is 0. The Bertz CT molecular complexity index is 5360. The third kappa shape index (κ3) is 37.7. The smallest absolute Gasteiger partial charge is 0.875 e. The molecular weight excluding hydrogens is 2370 g/mol. The number of hydrogen-bond acceptors (Lipinski definition) is 22. The minimum atomic E-state index is -0.0897. The molecule has 740 valence electrons. The van der Waals surface area contributed by atoms with Gasteiger partial charge in [-0.1, -0.05) is 315 Å². The molecule has 10 aliphatic carbocycles. The second kappa shape index (κ2) is 66.8. The van der Waals surface area contributed by atoms with E-state index in [9.17, 15) is 99.0 Å². The Labute approximate surface area is 984 Å². The van der Waals surface area contributed by atoms with Gasteiger partial charge in [-0.15, -0.1) is 46.1 Å². The third-order valence-corrected chi connectivity index (χ3v) is 24.8. The first-order valence-corrected chi connectivity index (χ1v) is 47.8. The third-order valence-electron chi connectivity index (χ3n) is 24.8. The van der Waals surface area contributed by atoms with Gasteiger partial charge in [0.05, 0.1) is 0 Å². The van der Waals surface area contributed by atoms with Crippen molar-refractivity contribution in [2.24, 2.45) is 0 Å². The maximum atomic E-state index is 11.8. The minimum Gasteiger partial charge on any atom is -0.875 e. The summed E-state index contributed by atoms with van der Waals surface area (Å²) in [4.78, 5) is 117. The topological polar surface area (TPSA) is 461 Å². The number of carbonyl (C=O) groups excluding carboxylic acids is 10. The molecule has 0 spiro atoms. The van der Waals surface area contributed by atoms with Crippen molar-refractivity contribution in [1.82, 2.24) is 0 Å². The van der Waals surface area contributed by atoms with Crippen molar-refractivity contribution >= 4 is 69.4 Å². The molecule has 0 heterocycles. The predicted octanol–water partition coefficient (Wildman–Crippen LogP) is 16.0. The summed E-state index contributed by atoms with van der Waals surface area (Å²) >= 11 is 0. The van der Waals surface area contributed by atoms with E-state index in [1.165, 1.54) is 0 Å². The van der Waals surface area contributed by atoms with Gasteiger partial charge in [0.25, 0.3) is 0 Å². The Hall–Kier alpha value is -10.4. The van der Waals surface area contributed by atoms with Gasteiger partial charge in [0.15, 0.2) is 57.8 Å². The predicted molar refractivity (Wildman–Crippen MR) is 522 cm³/mol. The van der Waals surface area contributed by atoms with E-state index in [2.05, 4.69) is 0 Å². The van der Waals surface area contributed by atoms with E-state index in [1.54, 1.807) is 121 Å². The van der Waals surface area contributed by atoms with Gasteiger partial charge in [-0.3, -0.25) is 47.9 Å². The van der Waals surface area contributed by atoms with E-state index in [-0.39, 0.29) is 290 Å². The molecule has 2 N–H and O–H groups in total. The van der Waals surface area contributed by atoms with Gasteiger partial charge >= 0.3 is 163 Å². The molecule has 10 aliphatic rings. The van der Waals surface area contributed by atoms with Crippen molar-refractivity contribution in [2.45, 2.75) is 193 Å². The van der Waals surface area contributed by atoms with Gasteiger partial charge in [-0.05, 0) is 247 Å². The quantitative estimate of drug-likeness (QED) is 0.0437. The fourth-order valence-electron chi connectivity index (χ4n) is 17.2. The van der Waals surface area contributed by atoms with Gasteiger partial charge in [-0.2, -0.15) is 0 Å². The minimum absolute atomic E-state index is 0. The van der Waals surface area contributed by atoms with Crippen LogP contribution in [0, 0.1) is 163 Å². The molecule has 2 fully saturated rings. The molecule has 0 aromatic heterocycles. The molecule has 10 aromatic carbocycles. The van der Waals surface area contributed by atoms with Crippen molar-refractivity contribution < 1.29 is 273 Å². The van der Waals surface area contributed by atoms with E-state index >= 15 is 0 Å². The Kier molecular flexibility index (Phi) is 57.7. The van der Waals surface area contributed by atoms with Crippen molar-refractivity contribution in [2.75, 3.05) is 0 Å². The van der Waals surface area contributed by atoms with E-state index in [1.807, 2.05) is 182 Å². The van der Waals surface area contributed by atoms with Crippen LogP contribution in [0.1, 0.15) is 287 Å². The average Bonchev–Trinajstić information content (AvgIpc) is 1.68. The Morgan fingerprint density at radius 2 is 0.267 bits per heavy atom. The summed E-state index contributed by atoms with van der Waals surface area (Å²) < 4.78 is 0. The molecule has 2 saturated carbocycles. The van der Waals surface area contributed by atoms with Crippen LogP contribution < -0.4 is 51.1 Å². The number of ketones is 10. The first kappa shape index (κ1) is 126. The Morgan fingerprint density at radius 3 is 0.363 bits per heavy atom. The fraction of sp³-hybridized carbons (Fsp3) is 0.250. The van der Waals surface area contributed by atoms with Gasteiger partial charge < -0.3 is 62.0 Å². The summed E-state index contributed by atoms with van der Waals surface area (Å²) in [5, 5.41) is 114. The maximum absolute atomic E-state index is 11.8. The van der Waals surface area contributed by atoms with Gasteiger partial charge in [0.1, 0.15) is 0 Å². The van der Waals surface area contributed by atoms with Crippen LogP contribution in [-0.4, -0.2) is 68.8 Å². The van der Waals surface area contributed by atoms with Crippen LogP contribution >= 0.6 is 0 Å². The molecule has 0 atom stereocenters. The first-order chi connectivity index (χ1) is 67.9. The molecule has 10 aromatic rings. The molecule has 0 saturated heterocycles. The summed E-state index contributed by atoms with van der Waals surface area (Å²) in [6.07, 6.45) is 20.1. The van der Waals surface area contributed by atoms with Crippen molar-refractivity contribution in [3.05, 3.63) is 461 Å². The number of allylic oxidation sites excluding steroid dienone is 18. The average molecular weight is 2480 g/mol. The van der Waals surface area contributed by atoms with E-state index < -0.39 is 0 Å². The van der Waals surface area contributed by atoms with E-state index in [0.29, 0.717) is 240 Å². The summed E-state index contributed by atoms with van der Waals surface area (Å²) in [6, 6.07) is 89.9. The van der Waals surface area contributed by atoms with Crippen molar-refractivity contribution in [3.63, 3.8) is 0 Å². The van der Waals surface area contributed by atoms with Crippen LogP contribution in [-0.2, 0) is 9.59 Å². The number of carbonyl (C=O) groups is 10. The van der Waals surface area contributed by atoms with Crippen LogP contribution in [0.4, 0.5) is 0 Å². The largest absolute Gasteiger partial charge is 3.00 e. The number of hydrogen-bond donors (Lipinski definition) is 0. The van der Waals surface area contributed by atoms with Crippen LogP contribution in [0.15, 0.2) is 405 Å². The molecule has 0 unspecified atom stereocenters. The molecule has 22 nitrogen and oxygen atoms in total. The molecule has 0 bridgehead atoms. The zero-order valence-corrected chi connectivity index (χ0v) is 94.0. The molecular formula is C120H112Nd4O22. The Balaban J connectivity index is 0.000000284. The zero-order chi connectivity index (χ0) is 99.7. The summed E-state index contributed by atoms with van der Waals surface area (Å²) in [7, 11) is 0. The number of benzene rings is 10. The maximum Gasteiger partial charge on any atom is 3.00 e. The molecule has 0 amide bonds. The SMILES string of the molecule is O=C(C1=C([O-])CCC1)c1ccccc1.O=C(C1=C([O-])CCC1)c1ccccc1.O=C(C1=C([O-])CCC1)c1ccccc1.O=C(C1=C([O-])CCC1)c1ccccc1.O=C(C1=C([O-])CCC1)c1ccccc1.O=C(C1=C([O-])CCC1)c1ccccc1.O=C(C1=C([O-])CCC1)c1ccccc1.O=C(C1=C([O-])CCC1)c1ccccc1.O=C1CCC/C1=C(/[O-])c1ccccc1.O=C1CCC/C1=C(/[O-])c1ccccc1.[Nd+3].[Nd+3].[Nd+3].[Nd+3].[OH-].[OH-]. The number of Topliss-reactive ketones (excluding diaryl/α,β-unsaturated/α-hetero) is 10. The number of rotatable bonds is 18. The zero-order valence-electron chi connectivity index (χ0n) is 81.1. The van der Waals surface area contributed by atoms with Crippen molar-refractivity contribution in [1.29, 1.82) is 0 Å². The second-order valence-electron chi connectivity index (χ2n) is 34.5. The van der Waals surface area contributed by atoms with Gasteiger partial charge in [0, 0.05) is 57.3 Å². The van der Waals surface area contributed by atoms with Crippen LogP contribution in [0.2, 0.25) is 0 Å². The van der Waals surface area contributed by atoms with Gasteiger partial charge in [-0.25, -0.2) is 0 Å². The molecule has 26 heteroatoms. The monoisotopic (exact) mass is 2470 g/mol. The van der Waals surface area contributed by atoms with Gasteiger partial charge in [0.2, 0.25) is 0 Å². The van der Waals surface area contributed by atoms with Crippen LogP contribution in [0.5, 0.6) is 0 Å². The summed E-state index contributed by atoms with van der Waals surface area (Å²) in [5.74, 6) is -0.630. The van der Waals surface area contributed by atoms with E-state index in [4.69, 9.17) is 0 Å². The molecule has 20 rings (SSSR count). The van der Waals surface area contributed by atoms with Crippen LogP contribution in [0.3, 0.4) is 0 Å². The molecule has 4 radical (unpaired) electrons. The molecule has 0 aliphatic heterocycles. The van der Waals surface area contributed by atoms with Crippen LogP contribution in [0.25, 0.3) is 11.5 Å². The summed E-state index contributed by atoms with van der Waals surface area (Å²) in [5.41, 5.74) is 11.1. The van der Waals surface area contributed by atoms with Crippen molar-refractivity contribution in [3.8, 4) is 0 Å². The second-order valence-corrected chi connectivity index (χ2v) is 34.5. The first-order valence-electron chi connectivity index (χ1n) is 47.8. The molecule has 146 heavy (non-hydrogen) atoms. The fourth-order valence-corrected chi connectivity index (χ4v) is 17.2. The normalized spacial score (nSPS) is 16.1. The Morgan fingerprint density at radius 1 is 0.158 bits per heavy atom. The van der Waals surface area contributed by atoms with E-state index in [0.717, 1.165) is 64.2 Å².